The van der Waals surface area contributed by atoms with Gasteiger partial charge in [0.05, 0.1) is 11.4 Å². The predicted molar refractivity (Wildman–Crippen MR) is 74.0 cm³/mol. The minimum absolute atomic E-state index is 0.654. The quantitative estimate of drug-likeness (QED) is 0.734. The summed E-state index contributed by atoms with van der Waals surface area (Å²) in [5, 5.41) is 3.80. The Bertz CT molecular complexity index is 439. The number of aryl methyl sites for hydroxylation is 1. The molecule has 2 nitrogen and oxygen atoms in total. The number of benzene rings is 1. The zero-order valence-corrected chi connectivity index (χ0v) is 11.1. The number of nitrogens with zero attached hydrogens (tertiary/aromatic N) is 1. The second kappa shape index (κ2) is 3.94. The molecular weight excluding hydrogens is 208 g/mol. The molecule has 2 unspecified atom stereocenters. The van der Waals surface area contributed by atoms with Crippen molar-refractivity contribution >= 4 is 11.4 Å². The van der Waals surface area contributed by atoms with Crippen molar-refractivity contribution in [2.75, 3.05) is 17.3 Å². The Morgan fingerprint density at radius 3 is 2.76 bits per heavy atom. The van der Waals surface area contributed by atoms with Crippen LogP contribution in [0.4, 0.5) is 11.4 Å². The van der Waals surface area contributed by atoms with Crippen LogP contribution in [0.25, 0.3) is 0 Å². The SMILES string of the molecule is Cc1ccc2c(c1C)NC1CCCCC1N2C. The lowest BCUT2D eigenvalue weighted by molar-refractivity contribution is 0.385. The molecule has 1 aromatic carbocycles. The van der Waals surface area contributed by atoms with Crippen molar-refractivity contribution in [2.24, 2.45) is 0 Å². The summed E-state index contributed by atoms with van der Waals surface area (Å²) in [6.45, 7) is 4.43. The third kappa shape index (κ3) is 1.62. The lowest BCUT2D eigenvalue weighted by Crippen LogP contribution is -2.50. The molecule has 0 aromatic heterocycles. The Morgan fingerprint density at radius 2 is 1.94 bits per heavy atom. The molecule has 2 heteroatoms. The number of fused-ring (bicyclic) bond motifs is 2. The first kappa shape index (κ1) is 10.9. The van der Waals surface area contributed by atoms with Gasteiger partial charge in [0.2, 0.25) is 0 Å². The lowest BCUT2D eigenvalue weighted by atomic mass is 9.86. The summed E-state index contributed by atoms with van der Waals surface area (Å²) in [6.07, 6.45) is 5.41. The summed E-state index contributed by atoms with van der Waals surface area (Å²) in [7, 11) is 2.26. The minimum atomic E-state index is 0.654. The van der Waals surface area contributed by atoms with E-state index in [9.17, 15) is 0 Å². The van der Waals surface area contributed by atoms with Gasteiger partial charge >= 0.3 is 0 Å². The van der Waals surface area contributed by atoms with E-state index in [0.717, 1.165) is 0 Å². The van der Waals surface area contributed by atoms with Gasteiger partial charge in [-0.15, -0.1) is 0 Å². The molecule has 1 aliphatic carbocycles. The molecule has 1 aromatic rings. The molecule has 0 radical (unpaired) electrons. The highest BCUT2D eigenvalue weighted by Gasteiger charge is 2.34. The van der Waals surface area contributed by atoms with Gasteiger partial charge in [0.15, 0.2) is 0 Å². The Labute approximate surface area is 104 Å². The fourth-order valence-electron chi connectivity index (χ4n) is 3.38. The van der Waals surface area contributed by atoms with Crippen molar-refractivity contribution in [1.29, 1.82) is 0 Å². The van der Waals surface area contributed by atoms with Crippen LogP contribution in [0.3, 0.4) is 0 Å². The summed E-state index contributed by atoms with van der Waals surface area (Å²) in [4.78, 5) is 2.50. The number of nitrogens with one attached hydrogen (secondary N) is 1. The van der Waals surface area contributed by atoms with Gasteiger partial charge in [-0.1, -0.05) is 18.9 Å². The number of hydrogen-bond acceptors (Lipinski definition) is 2. The molecule has 1 heterocycles. The highest BCUT2D eigenvalue weighted by atomic mass is 15.2. The highest BCUT2D eigenvalue weighted by molar-refractivity contribution is 5.77. The van der Waals surface area contributed by atoms with Crippen LogP contribution in [0, 0.1) is 13.8 Å². The van der Waals surface area contributed by atoms with Crippen molar-refractivity contribution < 1.29 is 0 Å². The summed E-state index contributed by atoms with van der Waals surface area (Å²) in [5.41, 5.74) is 5.56. The largest absolute Gasteiger partial charge is 0.378 e. The molecule has 0 bridgehead atoms. The summed E-state index contributed by atoms with van der Waals surface area (Å²) < 4.78 is 0. The van der Waals surface area contributed by atoms with E-state index in [1.165, 1.54) is 48.2 Å². The number of rotatable bonds is 0. The summed E-state index contributed by atoms with van der Waals surface area (Å²) >= 11 is 0. The molecule has 2 atom stereocenters. The van der Waals surface area contributed by atoms with Crippen LogP contribution in [0.15, 0.2) is 12.1 Å². The summed E-state index contributed by atoms with van der Waals surface area (Å²) in [6, 6.07) is 5.87. The zero-order chi connectivity index (χ0) is 12.0. The third-order valence-corrected chi connectivity index (χ3v) is 4.65. The molecule has 1 saturated carbocycles. The van der Waals surface area contributed by atoms with Crippen molar-refractivity contribution in [3.8, 4) is 0 Å². The smallest absolute Gasteiger partial charge is 0.0613 e. The number of anilines is 2. The van der Waals surface area contributed by atoms with E-state index in [1.54, 1.807) is 0 Å². The van der Waals surface area contributed by atoms with Gasteiger partial charge < -0.3 is 10.2 Å². The zero-order valence-electron chi connectivity index (χ0n) is 11.1. The van der Waals surface area contributed by atoms with Crippen molar-refractivity contribution in [1.82, 2.24) is 0 Å². The van der Waals surface area contributed by atoms with Crippen molar-refractivity contribution in [2.45, 2.75) is 51.6 Å². The molecular formula is C15H22N2. The van der Waals surface area contributed by atoms with E-state index in [2.05, 4.69) is 43.2 Å². The Balaban J connectivity index is 2.05. The standard InChI is InChI=1S/C15H22N2/c1-10-8-9-14-15(11(10)2)16-12-6-4-5-7-13(12)17(14)3/h8-9,12-13,16H,4-7H2,1-3H3. The highest BCUT2D eigenvalue weighted by Crippen LogP contribution is 2.40. The third-order valence-electron chi connectivity index (χ3n) is 4.65. The van der Waals surface area contributed by atoms with E-state index < -0.39 is 0 Å². The van der Waals surface area contributed by atoms with E-state index >= 15 is 0 Å². The van der Waals surface area contributed by atoms with Crippen LogP contribution >= 0.6 is 0 Å². The van der Waals surface area contributed by atoms with Gasteiger partial charge in [-0.25, -0.2) is 0 Å². The van der Waals surface area contributed by atoms with Gasteiger partial charge in [-0.2, -0.15) is 0 Å². The topological polar surface area (TPSA) is 15.3 Å². The second-order valence-electron chi connectivity index (χ2n) is 5.62. The Morgan fingerprint density at radius 1 is 1.18 bits per heavy atom. The monoisotopic (exact) mass is 230 g/mol. The molecule has 1 N–H and O–H groups in total. The molecule has 92 valence electrons. The maximum Gasteiger partial charge on any atom is 0.0613 e. The van der Waals surface area contributed by atoms with Gasteiger partial charge in [-0.3, -0.25) is 0 Å². The van der Waals surface area contributed by atoms with Crippen molar-refractivity contribution in [3.05, 3.63) is 23.3 Å². The van der Waals surface area contributed by atoms with Crippen LogP contribution < -0.4 is 10.2 Å². The first-order chi connectivity index (χ1) is 8.18. The maximum absolute atomic E-state index is 3.80. The van der Waals surface area contributed by atoms with Crippen LogP contribution in [-0.2, 0) is 0 Å². The molecule has 17 heavy (non-hydrogen) atoms. The molecule has 2 aliphatic rings. The maximum atomic E-state index is 3.80. The van der Waals surface area contributed by atoms with Crippen LogP contribution in [0.2, 0.25) is 0 Å². The Kier molecular flexibility index (Phi) is 2.53. The van der Waals surface area contributed by atoms with Crippen molar-refractivity contribution in [3.63, 3.8) is 0 Å². The van der Waals surface area contributed by atoms with E-state index in [4.69, 9.17) is 0 Å². The fraction of sp³-hybridized carbons (Fsp3) is 0.600. The normalized spacial score (nSPS) is 27.1. The molecule has 0 saturated heterocycles. The molecule has 1 fully saturated rings. The van der Waals surface area contributed by atoms with E-state index in [0.29, 0.717) is 12.1 Å². The minimum Gasteiger partial charge on any atom is -0.378 e. The molecule has 0 spiro atoms. The van der Waals surface area contributed by atoms with E-state index in [1.807, 2.05) is 0 Å². The van der Waals surface area contributed by atoms with Crippen LogP contribution in [-0.4, -0.2) is 19.1 Å². The first-order valence-electron chi connectivity index (χ1n) is 6.78. The number of likely N-dealkylation sites (N-methyl/N-ethyl adjacent to an activating group) is 1. The van der Waals surface area contributed by atoms with E-state index in [-0.39, 0.29) is 0 Å². The molecule has 3 rings (SSSR count). The van der Waals surface area contributed by atoms with Gasteiger partial charge in [0.1, 0.15) is 0 Å². The lowest BCUT2D eigenvalue weighted by Gasteiger charge is -2.45. The average Bonchev–Trinajstić information content (AvgIpc) is 2.35. The molecule has 0 amide bonds. The van der Waals surface area contributed by atoms with Crippen LogP contribution in [0.1, 0.15) is 36.8 Å². The average molecular weight is 230 g/mol. The molecule has 1 aliphatic heterocycles. The number of hydrogen-bond donors (Lipinski definition) is 1. The van der Waals surface area contributed by atoms with Gasteiger partial charge in [-0.05, 0) is 43.9 Å². The predicted octanol–water partition coefficient (Wildman–Crippen LogP) is 3.48. The Hall–Kier alpha value is -1.18. The fourth-order valence-corrected chi connectivity index (χ4v) is 3.38. The van der Waals surface area contributed by atoms with Gasteiger partial charge in [0.25, 0.3) is 0 Å². The first-order valence-corrected chi connectivity index (χ1v) is 6.78. The van der Waals surface area contributed by atoms with Gasteiger partial charge in [0, 0.05) is 19.1 Å². The summed E-state index contributed by atoms with van der Waals surface area (Å²) in [5.74, 6) is 0. The second-order valence-corrected chi connectivity index (χ2v) is 5.62. The van der Waals surface area contributed by atoms with Crippen LogP contribution in [0.5, 0.6) is 0 Å².